The Hall–Kier alpha value is -0.610. The summed E-state index contributed by atoms with van der Waals surface area (Å²) in [6.07, 6.45) is 1.71. The van der Waals surface area contributed by atoms with Gasteiger partial charge in [-0.15, -0.1) is 0 Å². The van der Waals surface area contributed by atoms with Crippen LogP contribution in [0.4, 0.5) is 0 Å². The minimum Gasteiger partial charge on any atom is -0.469 e. The molecule has 0 bridgehead atoms. The Morgan fingerprint density at radius 3 is 2.00 bits per heavy atom. The summed E-state index contributed by atoms with van der Waals surface area (Å²) in [5.74, 6) is -0.109. The van der Waals surface area contributed by atoms with Crippen molar-refractivity contribution in [3.63, 3.8) is 0 Å². The van der Waals surface area contributed by atoms with Gasteiger partial charge < -0.3 is 4.74 Å². The summed E-state index contributed by atoms with van der Waals surface area (Å²) < 4.78 is 4.71. The summed E-state index contributed by atoms with van der Waals surface area (Å²) in [6, 6.07) is 0.967. The van der Waals surface area contributed by atoms with Crippen molar-refractivity contribution < 1.29 is 9.53 Å². The van der Waals surface area contributed by atoms with Crippen molar-refractivity contribution in [3.05, 3.63) is 0 Å². The lowest BCUT2D eigenvalue weighted by atomic mass is 10.1. The molecule has 1 aliphatic rings. The molecule has 0 radical (unpaired) electrons. The molecule has 2 atom stereocenters. The van der Waals surface area contributed by atoms with E-state index in [-0.39, 0.29) is 5.97 Å². The molecule has 0 aliphatic carbocycles. The predicted octanol–water partition coefficient (Wildman–Crippen LogP) is 1.35. The molecule has 0 amide bonds. The van der Waals surface area contributed by atoms with E-state index in [0.29, 0.717) is 18.5 Å². The zero-order valence-electron chi connectivity index (χ0n) is 11.6. The van der Waals surface area contributed by atoms with Crippen LogP contribution in [0.1, 0.15) is 33.6 Å². The summed E-state index contributed by atoms with van der Waals surface area (Å²) in [5, 5.41) is 0. The first-order valence-electron chi connectivity index (χ1n) is 6.63. The van der Waals surface area contributed by atoms with Gasteiger partial charge >= 0.3 is 5.97 Å². The first-order valence-corrected chi connectivity index (χ1v) is 6.63. The number of carbonyl (C=O) groups excluding carboxylic acids is 1. The fraction of sp³-hybridized carbons (Fsp3) is 0.923. The number of hydrogen-bond acceptors (Lipinski definition) is 4. The standard InChI is InChI=1S/C13H26N2O2/c1-5-11(2)14-6-8-15(9-7-14)12(3)10-13(16)17-4/h11-12H,5-10H2,1-4H3. The predicted molar refractivity (Wildman–Crippen MR) is 69.0 cm³/mol. The third-order valence-electron chi connectivity index (χ3n) is 3.88. The quantitative estimate of drug-likeness (QED) is 0.681. The Kier molecular flexibility index (Phi) is 5.92. The molecule has 1 heterocycles. The Morgan fingerprint density at radius 1 is 1.12 bits per heavy atom. The van der Waals surface area contributed by atoms with Gasteiger partial charge in [0, 0.05) is 38.3 Å². The largest absolute Gasteiger partial charge is 0.469 e. The van der Waals surface area contributed by atoms with Crippen LogP contribution < -0.4 is 0 Å². The highest BCUT2D eigenvalue weighted by Gasteiger charge is 2.24. The monoisotopic (exact) mass is 242 g/mol. The van der Waals surface area contributed by atoms with E-state index in [4.69, 9.17) is 4.74 Å². The van der Waals surface area contributed by atoms with Gasteiger partial charge in [0.05, 0.1) is 13.5 Å². The average molecular weight is 242 g/mol. The molecule has 0 saturated carbocycles. The van der Waals surface area contributed by atoms with Gasteiger partial charge in [-0.2, -0.15) is 0 Å². The van der Waals surface area contributed by atoms with E-state index in [0.717, 1.165) is 26.2 Å². The molecule has 0 N–H and O–H groups in total. The Balaban J connectivity index is 2.33. The molecule has 0 aromatic heterocycles. The van der Waals surface area contributed by atoms with Crippen LogP contribution in [0, 0.1) is 0 Å². The fourth-order valence-electron chi connectivity index (χ4n) is 2.33. The van der Waals surface area contributed by atoms with Crippen molar-refractivity contribution in [2.75, 3.05) is 33.3 Å². The van der Waals surface area contributed by atoms with Gasteiger partial charge in [0.1, 0.15) is 0 Å². The molecular weight excluding hydrogens is 216 g/mol. The van der Waals surface area contributed by atoms with Gasteiger partial charge in [-0.25, -0.2) is 0 Å². The first-order chi connectivity index (χ1) is 8.08. The summed E-state index contributed by atoms with van der Waals surface area (Å²) in [6.45, 7) is 11.0. The number of hydrogen-bond donors (Lipinski definition) is 0. The van der Waals surface area contributed by atoms with Gasteiger partial charge in [-0.1, -0.05) is 6.92 Å². The molecule has 0 aromatic rings. The first kappa shape index (κ1) is 14.5. The Labute approximate surface area is 105 Å². The van der Waals surface area contributed by atoms with Gasteiger partial charge in [-0.05, 0) is 20.3 Å². The molecule has 17 heavy (non-hydrogen) atoms. The topological polar surface area (TPSA) is 32.8 Å². The third-order valence-corrected chi connectivity index (χ3v) is 3.88. The van der Waals surface area contributed by atoms with Crippen LogP contribution in [-0.4, -0.2) is 61.1 Å². The molecule has 0 aromatic carbocycles. The number of rotatable bonds is 5. The molecule has 4 heteroatoms. The minimum atomic E-state index is -0.109. The highest BCUT2D eigenvalue weighted by Crippen LogP contribution is 2.12. The third kappa shape index (κ3) is 4.28. The SMILES string of the molecule is CCC(C)N1CCN(C(C)CC(=O)OC)CC1. The van der Waals surface area contributed by atoms with Crippen LogP contribution in [0.15, 0.2) is 0 Å². The van der Waals surface area contributed by atoms with Crippen LogP contribution in [0.25, 0.3) is 0 Å². The van der Waals surface area contributed by atoms with Crippen LogP contribution in [0.2, 0.25) is 0 Å². The second-order valence-electron chi connectivity index (χ2n) is 4.96. The highest BCUT2D eigenvalue weighted by atomic mass is 16.5. The van der Waals surface area contributed by atoms with Crippen molar-refractivity contribution in [3.8, 4) is 0 Å². The lowest BCUT2D eigenvalue weighted by Gasteiger charge is -2.40. The number of ether oxygens (including phenoxy) is 1. The minimum absolute atomic E-state index is 0.109. The lowest BCUT2D eigenvalue weighted by Crippen LogP contribution is -2.52. The molecule has 2 unspecified atom stereocenters. The molecule has 4 nitrogen and oxygen atoms in total. The number of nitrogens with zero attached hydrogens (tertiary/aromatic N) is 2. The highest BCUT2D eigenvalue weighted by molar-refractivity contribution is 5.69. The van der Waals surface area contributed by atoms with E-state index in [1.807, 2.05) is 0 Å². The van der Waals surface area contributed by atoms with E-state index in [1.54, 1.807) is 0 Å². The second kappa shape index (κ2) is 6.97. The molecule has 1 rings (SSSR count). The maximum absolute atomic E-state index is 11.2. The van der Waals surface area contributed by atoms with E-state index in [9.17, 15) is 4.79 Å². The van der Waals surface area contributed by atoms with Crippen molar-refractivity contribution in [1.82, 2.24) is 9.80 Å². The van der Waals surface area contributed by atoms with E-state index < -0.39 is 0 Å². The fourth-order valence-corrected chi connectivity index (χ4v) is 2.33. The van der Waals surface area contributed by atoms with Crippen LogP contribution in [0.3, 0.4) is 0 Å². The zero-order valence-corrected chi connectivity index (χ0v) is 11.6. The normalized spacial score (nSPS) is 22.1. The van der Waals surface area contributed by atoms with E-state index >= 15 is 0 Å². The van der Waals surface area contributed by atoms with Crippen molar-refractivity contribution in [2.45, 2.75) is 45.7 Å². The van der Waals surface area contributed by atoms with Crippen LogP contribution >= 0.6 is 0 Å². The molecular formula is C13H26N2O2. The summed E-state index contributed by atoms with van der Waals surface area (Å²) in [5.41, 5.74) is 0. The Bertz CT molecular complexity index is 238. The van der Waals surface area contributed by atoms with Gasteiger partial charge in [0.25, 0.3) is 0 Å². The smallest absolute Gasteiger partial charge is 0.307 e. The lowest BCUT2D eigenvalue weighted by molar-refractivity contribution is -0.142. The zero-order chi connectivity index (χ0) is 12.8. The molecule has 0 spiro atoms. The molecule has 1 fully saturated rings. The average Bonchev–Trinajstić information content (AvgIpc) is 2.37. The van der Waals surface area contributed by atoms with Crippen molar-refractivity contribution >= 4 is 5.97 Å². The number of carbonyl (C=O) groups is 1. The van der Waals surface area contributed by atoms with E-state index in [1.165, 1.54) is 13.5 Å². The van der Waals surface area contributed by atoms with Gasteiger partial charge in [-0.3, -0.25) is 14.6 Å². The van der Waals surface area contributed by atoms with E-state index in [2.05, 4.69) is 30.6 Å². The molecule has 100 valence electrons. The maximum atomic E-state index is 11.2. The number of esters is 1. The van der Waals surface area contributed by atoms with Gasteiger partial charge in [0.2, 0.25) is 0 Å². The van der Waals surface area contributed by atoms with Crippen LogP contribution in [-0.2, 0) is 9.53 Å². The summed E-state index contributed by atoms with van der Waals surface area (Å²) in [4.78, 5) is 16.1. The maximum Gasteiger partial charge on any atom is 0.307 e. The van der Waals surface area contributed by atoms with Crippen LogP contribution in [0.5, 0.6) is 0 Å². The number of piperazine rings is 1. The number of methoxy groups -OCH3 is 1. The van der Waals surface area contributed by atoms with Crippen molar-refractivity contribution in [1.29, 1.82) is 0 Å². The summed E-state index contributed by atoms with van der Waals surface area (Å²) in [7, 11) is 1.45. The molecule has 1 saturated heterocycles. The molecule has 1 aliphatic heterocycles. The Morgan fingerprint density at radius 2 is 1.59 bits per heavy atom. The summed E-state index contributed by atoms with van der Waals surface area (Å²) >= 11 is 0. The van der Waals surface area contributed by atoms with Crippen molar-refractivity contribution in [2.24, 2.45) is 0 Å². The second-order valence-corrected chi connectivity index (χ2v) is 4.96. The van der Waals surface area contributed by atoms with Gasteiger partial charge in [0.15, 0.2) is 0 Å².